The Bertz CT molecular complexity index is 333. The van der Waals surface area contributed by atoms with Gasteiger partial charge in [0.1, 0.15) is 6.04 Å². The molecule has 7 heteroatoms. The van der Waals surface area contributed by atoms with E-state index < -0.39 is 18.0 Å². The summed E-state index contributed by atoms with van der Waals surface area (Å²) in [6.07, 6.45) is 0.834. The van der Waals surface area contributed by atoms with Crippen LogP contribution in [0.15, 0.2) is 0 Å². The van der Waals surface area contributed by atoms with Crippen LogP contribution in [0.25, 0.3) is 0 Å². The van der Waals surface area contributed by atoms with Crippen molar-refractivity contribution in [1.29, 1.82) is 0 Å². The van der Waals surface area contributed by atoms with Gasteiger partial charge in [0, 0.05) is 27.1 Å². The Hall–Kier alpha value is -1.79. The molecule has 0 spiro atoms. The van der Waals surface area contributed by atoms with Crippen LogP contribution in [0.5, 0.6) is 0 Å². The minimum absolute atomic E-state index is 0.159. The minimum atomic E-state index is -1.05. The predicted octanol–water partition coefficient (Wildman–Crippen LogP) is 0.263. The van der Waals surface area contributed by atoms with Crippen molar-refractivity contribution in [2.45, 2.75) is 32.7 Å². The average molecular weight is 273 g/mol. The molecule has 2 atom stereocenters. The van der Waals surface area contributed by atoms with Gasteiger partial charge in [-0.3, -0.25) is 4.79 Å². The Balaban J connectivity index is 4.39. The molecule has 0 saturated carbocycles. The van der Waals surface area contributed by atoms with E-state index in [4.69, 9.17) is 5.11 Å². The monoisotopic (exact) mass is 273 g/mol. The summed E-state index contributed by atoms with van der Waals surface area (Å²) in [6, 6.07) is -1.41. The van der Waals surface area contributed by atoms with Crippen LogP contribution in [-0.4, -0.2) is 54.6 Å². The Labute approximate surface area is 113 Å². The van der Waals surface area contributed by atoms with E-state index in [9.17, 15) is 14.4 Å². The summed E-state index contributed by atoms with van der Waals surface area (Å²) in [4.78, 5) is 35.2. The van der Waals surface area contributed by atoms with E-state index in [2.05, 4.69) is 10.6 Å². The molecule has 0 saturated heterocycles. The molecular formula is C12H23N3O4. The first kappa shape index (κ1) is 17.2. The number of carbonyl (C=O) groups is 3. The van der Waals surface area contributed by atoms with Gasteiger partial charge in [-0.05, 0) is 5.92 Å². The number of carbonyl (C=O) groups excluding carboxylic acids is 2. The minimum Gasteiger partial charge on any atom is -0.480 e. The summed E-state index contributed by atoms with van der Waals surface area (Å²) < 4.78 is 0. The first-order valence-corrected chi connectivity index (χ1v) is 6.28. The Morgan fingerprint density at radius 1 is 1.32 bits per heavy atom. The molecule has 0 rings (SSSR count). The van der Waals surface area contributed by atoms with Crippen LogP contribution < -0.4 is 10.6 Å². The first-order chi connectivity index (χ1) is 8.83. The molecule has 110 valence electrons. The number of rotatable bonds is 7. The predicted molar refractivity (Wildman–Crippen MR) is 70.7 cm³/mol. The maximum Gasteiger partial charge on any atom is 0.326 e. The molecular weight excluding hydrogens is 250 g/mol. The van der Waals surface area contributed by atoms with Crippen molar-refractivity contribution in [3.63, 3.8) is 0 Å². The number of hydrogen-bond donors (Lipinski definition) is 3. The lowest BCUT2D eigenvalue weighted by Gasteiger charge is -2.24. The maximum atomic E-state index is 11.8. The molecule has 0 aliphatic carbocycles. The number of hydrogen-bond acceptors (Lipinski definition) is 3. The van der Waals surface area contributed by atoms with Gasteiger partial charge in [0.25, 0.3) is 0 Å². The molecule has 0 heterocycles. The molecule has 19 heavy (non-hydrogen) atoms. The smallest absolute Gasteiger partial charge is 0.326 e. The van der Waals surface area contributed by atoms with Crippen LogP contribution in [0, 0.1) is 5.92 Å². The standard InChI is InChI=1S/C12H23N3O4/c1-5-8(2)10(11(17)18)14-12(19)15(4)7-6-9(16)13-3/h8,10H,5-7H2,1-4H3,(H,13,16)(H,14,19)(H,17,18)/t8-,10-/m0/s1. The van der Waals surface area contributed by atoms with Crippen molar-refractivity contribution in [2.75, 3.05) is 20.6 Å². The molecule has 0 unspecified atom stereocenters. The third-order valence-corrected chi connectivity index (χ3v) is 3.06. The number of urea groups is 1. The third kappa shape index (κ3) is 6.08. The molecule has 0 aromatic rings. The van der Waals surface area contributed by atoms with Crippen molar-refractivity contribution in [1.82, 2.24) is 15.5 Å². The number of amides is 3. The average Bonchev–Trinajstić information content (AvgIpc) is 2.39. The highest BCUT2D eigenvalue weighted by atomic mass is 16.4. The second-order valence-electron chi connectivity index (χ2n) is 4.50. The van der Waals surface area contributed by atoms with E-state index in [1.807, 2.05) is 6.92 Å². The zero-order chi connectivity index (χ0) is 15.0. The highest BCUT2D eigenvalue weighted by molar-refractivity contribution is 5.83. The van der Waals surface area contributed by atoms with Gasteiger partial charge in [-0.1, -0.05) is 20.3 Å². The van der Waals surface area contributed by atoms with Gasteiger partial charge in [-0.25, -0.2) is 9.59 Å². The van der Waals surface area contributed by atoms with Gasteiger partial charge >= 0.3 is 12.0 Å². The van der Waals surface area contributed by atoms with E-state index >= 15 is 0 Å². The lowest BCUT2D eigenvalue weighted by Crippen LogP contribution is -2.50. The number of carboxylic acid groups (broad SMARTS) is 1. The highest BCUT2D eigenvalue weighted by Gasteiger charge is 2.26. The van der Waals surface area contributed by atoms with Gasteiger partial charge in [-0.2, -0.15) is 0 Å². The van der Waals surface area contributed by atoms with Crippen molar-refractivity contribution in [3.05, 3.63) is 0 Å². The van der Waals surface area contributed by atoms with Crippen LogP contribution in [0.2, 0.25) is 0 Å². The fourth-order valence-electron chi connectivity index (χ4n) is 1.42. The van der Waals surface area contributed by atoms with Crippen molar-refractivity contribution in [2.24, 2.45) is 5.92 Å². The number of carboxylic acids is 1. The van der Waals surface area contributed by atoms with Crippen LogP contribution >= 0.6 is 0 Å². The molecule has 3 N–H and O–H groups in total. The van der Waals surface area contributed by atoms with E-state index in [-0.39, 0.29) is 24.8 Å². The van der Waals surface area contributed by atoms with Gasteiger partial charge < -0.3 is 20.6 Å². The fraction of sp³-hybridized carbons (Fsp3) is 0.750. The second-order valence-corrected chi connectivity index (χ2v) is 4.50. The Kier molecular flexibility index (Phi) is 7.55. The normalized spacial score (nSPS) is 13.3. The summed E-state index contributed by atoms with van der Waals surface area (Å²) in [5, 5.41) is 14.0. The quantitative estimate of drug-likeness (QED) is 0.619. The van der Waals surface area contributed by atoms with E-state index in [0.717, 1.165) is 0 Å². The largest absolute Gasteiger partial charge is 0.480 e. The molecule has 7 nitrogen and oxygen atoms in total. The van der Waals surface area contributed by atoms with Crippen molar-refractivity contribution in [3.8, 4) is 0 Å². The van der Waals surface area contributed by atoms with Crippen molar-refractivity contribution < 1.29 is 19.5 Å². The molecule has 0 bridgehead atoms. The maximum absolute atomic E-state index is 11.8. The van der Waals surface area contributed by atoms with Gasteiger partial charge in [-0.15, -0.1) is 0 Å². The number of nitrogens with zero attached hydrogens (tertiary/aromatic N) is 1. The van der Waals surface area contributed by atoms with Crippen LogP contribution in [0.1, 0.15) is 26.7 Å². The van der Waals surface area contributed by atoms with Gasteiger partial charge in [0.15, 0.2) is 0 Å². The van der Waals surface area contributed by atoms with Crippen molar-refractivity contribution >= 4 is 17.9 Å². The zero-order valence-electron chi connectivity index (χ0n) is 11.9. The third-order valence-electron chi connectivity index (χ3n) is 3.06. The SMILES string of the molecule is CC[C@H](C)[C@H](NC(=O)N(C)CCC(=O)NC)C(=O)O. The molecule has 0 aliphatic rings. The first-order valence-electron chi connectivity index (χ1n) is 6.28. The second kappa shape index (κ2) is 8.34. The molecule has 0 aromatic heterocycles. The van der Waals surface area contributed by atoms with E-state index in [1.165, 1.54) is 19.0 Å². The zero-order valence-corrected chi connectivity index (χ0v) is 11.9. The Morgan fingerprint density at radius 2 is 1.89 bits per heavy atom. The number of nitrogens with one attached hydrogen (secondary N) is 2. The van der Waals surface area contributed by atoms with Crippen LogP contribution in [0.4, 0.5) is 4.79 Å². The summed E-state index contributed by atoms with van der Waals surface area (Å²) in [6.45, 7) is 3.87. The fourth-order valence-corrected chi connectivity index (χ4v) is 1.42. The number of aliphatic carboxylic acids is 1. The van der Waals surface area contributed by atoms with Crippen LogP contribution in [0.3, 0.4) is 0 Å². The summed E-state index contributed by atoms with van der Waals surface area (Å²) in [5.41, 5.74) is 0. The van der Waals surface area contributed by atoms with E-state index in [1.54, 1.807) is 6.92 Å². The molecule has 3 amide bonds. The van der Waals surface area contributed by atoms with Gasteiger partial charge in [0.05, 0.1) is 0 Å². The highest BCUT2D eigenvalue weighted by Crippen LogP contribution is 2.08. The molecule has 0 aliphatic heterocycles. The topological polar surface area (TPSA) is 98.7 Å². The molecule has 0 radical (unpaired) electrons. The summed E-state index contributed by atoms with van der Waals surface area (Å²) in [7, 11) is 3.04. The summed E-state index contributed by atoms with van der Waals surface area (Å²) >= 11 is 0. The molecule has 0 aromatic carbocycles. The lowest BCUT2D eigenvalue weighted by atomic mass is 9.99. The van der Waals surface area contributed by atoms with E-state index in [0.29, 0.717) is 6.42 Å². The lowest BCUT2D eigenvalue weighted by molar-refractivity contribution is -0.140. The summed E-state index contributed by atoms with van der Waals surface area (Å²) in [5.74, 6) is -1.38. The molecule has 0 fully saturated rings. The Morgan fingerprint density at radius 3 is 2.32 bits per heavy atom. The van der Waals surface area contributed by atoms with Gasteiger partial charge in [0.2, 0.25) is 5.91 Å². The van der Waals surface area contributed by atoms with Crippen LogP contribution in [-0.2, 0) is 9.59 Å².